The molecule has 23 heavy (non-hydrogen) atoms. The summed E-state index contributed by atoms with van der Waals surface area (Å²) in [6.07, 6.45) is 24.7. The molecule has 0 saturated carbocycles. The first kappa shape index (κ1) is 23.0. The maximum absolute atomic E-state index is 2.52. The zero-order valence-electron chi connectivity index (χ0n) is 17.2. The Balaban J connectivity index is 3.72. The Morgan fingerprint density at radius 3 is 1.52 bits per heavy atom. The summed E-state index contributed by atoms with van der Waals surface area (Å²) in [7, 11) is 0. The van der Waals surface area contributed by atoms with Gasteiger partial charge in [-0.3, -0.25) is 0 Å². The second-order valence-electron chi connectivity index (χ2n) is 8.11. The van der Waals surface area contributed by atoms with Crippen LogP contribution in [0.5, 0.6) is 0 Å². The van der Waals surface area contributed by atoms with Crippen molar-refractivity contribution in [1.29, 1.82) is 0 Å². The van der Waals surface area contributed by atoms with E-state index in [1.54, 1.807) is 0 Å². The smallest absolute Gasteiger partial charge is 0.0412 e. The number of hydrogen-bond acceptors (Lipinski definition) is 0. The molecule has 2 atom stereocenters. The Morgan fingerprint density at radius 2 is 0.913 bits per heavy atom. The summed E-state index contributed by atoms with van der Waals surface area (Å²) in [5.41, 5.74) is 0. The molecule has 0 aromatic heterocycles. The van der Waals surface area contributed by atoms with Gasteiger partial charge >= 0.3 is 0 Å². The van der Waals surface area contributed by atoms with E-state index in [9.17, 15) is 0 Å². The Labute approximate surface area is 149 Å². The quantitative estimate of drug-likeness (QED) is 0.221. The van der Waals surface area contributed by atoms with Crippen molar-refractivity contribution in [2.75, 3.05) is 0 Å². The molecule has 0 spiro atoms. The van der Waals surface area contributed by atoms with E-state index in [0.717, 1.165) is 11.8 Å². The molecule has 0 bridgehead atoms. The molecule has 0 fully saturated rings. The molecule has 0 amide bonds. The molecule has 0 aliphatic heterocycles. The Bertz CT molecular complexity index is 208. The number of hydrogen-bond donors (Lipinski definition) is 0. The highest BCUT2D eigenvalue weighted by Gasteiger charge is 2.12. The molecule has 0 rings (SSSR count). The third kappa shape index (κ3) is 16.6. The lowest BCUT2D eigenvalue weighted by Gasteiger charge is -2.21. The van der Waals surface area contributed by atoms with Gasteiger partial charge in [-0.1, -0.05) is 130 Å². The molecule has 0 aliphatic carbocycles. The normalized spacial score (nSPS) is 14.1. The average molecular weight is 325 g/mol. The molecule has 0 aliphatic rings. The van der Waals surface area contributed by atoms with E-state index in [0.29, 0.717) is 0 Å². The van der Waals surface area contributed by atoms with Gasteiger partial charge in [0, 0.05) is 0 Å². The third-order valence-corrected chi connectivity index (χ3v) is 5.47. The molecule has 140 valence electrons. The predicted octanol–water partition coefficient (Wildman–Crippen LogP) is 8.93. The first-order valence-electron chi connectivity index (χ1n) is 11.2. The van der Waals surface area contributed by atoms with Crippen molar-refractivity contribution in [3.05, 3.63) is 0 Å². The fraction of sp³-hybridized carbons (Fsp3) is 1.00. The monoisotopic (exact) mass is 324 g/mol. The van der Waals surface area contributed by atoms with Crippen LogP contribution in [-0.4, -0.2) is 0 Å². The highest BCUT2D eigenvalue weighted by atomic mass is 14.2. The second kappa shape index (κ2) is 18.3. The van der Waals surface area contributed by atoms with Crippen molar-refractivity contribution in [1.82, 2.24) is 0 Å². The van der Waals surface area contributed by atoms with Crippen molar-refractivity contribution in [3.8, 4) is 0 Å². The van der Waals surface area contributed by atoms with Crippen LogP contribution in [0, 0.1) is 11.8 Å². The van der Waals surface area contributed by atoms with Gasteiger partial charge in [0.05, 0.1) is 0 Å². The van der Waals surface area contributed by atoms with Crippen LogP contribution in [0.4, 0.5) is 0 Å². The zero-order valence-corrected chi connectivity index (χ0v) is 17.2. The fourth-order valence-electron chi connectivity index (χ4n) is 3.87. The molecule has 0 aromatic carbocycles. The lowest BCUT2D eigenvalue weighted by atomic mass is 9.85. The Morgan fingerprint density at radius 1 is 0.478 bits per heavy atom. The molecule has 0 heterocycles. The van der Waals surface area contributed by atoms with E-state index in [1.165, 1.54) is 109 Å². The Hall–Kier alpha value is 0. The maximum atomic E-state index is 2.52. The van der Waals surface area contributed by atoms with Gasteiger partial charge in [0.2, 0.25) is 0 Å². The van der Waals surface area contributed by atoms with Crippen molar-refractivity contribution in [3.63, 3.8) is 0 Å². The summed E-state index contributed by atoms with van der Waals surface area (Å²) in [4.78, 5) is 0. The average Bonchev–Trinajstić information content (AvgIpc) is 2.55. The van der Waals surface area contributed by atoms with Crippen LogP contribution in [0.1, 0.15) is 137 Å². The van der Waals surface area contributed by atoms with E-state index in [-0.39, 0.29) is 0 Å². The van der Waals surface area contributed by atoms with E-state index < -0.39 is 0 Å². The Kier molecular flexibility index (Phi) is 18.3. The maximum Gasteiger partial charge on any atom is -0.0412 e. The van der Waals surface area contributed by atoms with E-state index >= 15 is 0 Å². The van der Waals surface area contributed by atoms with Gasteiger partial charge in [-0.25, -0.2) is 0 Å². The van der Waals surface area contributed by atoms with Gasteiger partial charge in [0.1, 0.15) is 0 Å². The van der Waals surface area contributed by atoms with E-state index in [2.05, 4.69) is 27.7 Å². The first-order chi connectivity index (χ1) is 11.2. The van der Waals surface area contributed by atoms with E-state index in [1.807, 2.05) is 0 Å². The SMILES string of the molecule is CCCCCCCCCC(C)CC(CCCC)CCCCCC. The van der Waals surface area contributed by atoms with Crippen LogP contribution < -0.4 is 0 Å². The standard InChI is InChI=1S/C23H48/c1-5-8-11-13-14-15-16-18-22(4)21-23(19-10-7-3)20-17-12-9-6-2/h22-23H,5-21H2,1-4H3. The highest BCUT2D eigenvalue weighted by Crippen LogP contribution is 2.27. The van der Waals surface area contributed by atoms with Crippen molar-refractivity contribution in [2.24, 2.45) is 11.8 Å². The minimum absolute atomic E-state index is 0.957. The molecule has 0 heteroatoms. The molecule has 0 N–H and O–H groups in total. The molecule has 0 radical (unpaired) electrons. The summed E-state index contributed by atoms with van der Waals surface area (Å²) in [6.45, 7) is 9.48. The lowest BCUT2D eigenvalue weighted by molar-refractivity contribution is 0.316. The lowest BCUT2D eigenvalue weighted by Crippen LogP contribution is -2.07. The van der Waals surface area contributed by atoms with Crippen molar-refractivity contribution >= 4 is 0 Å². The van der Waals surface area contributed by atoms with Crippen LogP contribution in [0.25, 0.3) is 0 Å². The summed E-state index contributed by atoms with van der Waals surface area (Å²) < 4.78 is 0. The third-order valence-electron chi connectivity index (χ3n) is 5.47. The van der Waals surface area contributed by atoms with Gasteiger partial charge in [-0.2, -0.15) is 0 Å². The van der Waals surface area contributed by atoms with Crippen LogP contribution in [0.2, 0.25) is 0 Å². The van der Waals surface area contributed by atoms with Crippen LogP contribution in [0.15, 0.2) is 0 Å². The number of rotatable bonds is 18. The summed E-state index contributed by atoms with van der Waals surface area (Å²) in [5.74, 6) is 1.98. The first-order valence-corrected chi connectivity index (χ1v) is 11.2. The predicted molar refractivity (Wildman–Crippen MR) is 108 cm³/mol. The minimum Gasteiger partial charge on any atom is -0.0654 e. The number of unbranched alkanes of at least 4 members (excludes halogenated alkanes) is 10. The molecular formula is C23H48. The minimum atomic E-state index is 0.957. The summed E-state index contributed by atoms with van der Waals surface area (Å²) in [6, 6.07) is 0. The van der Waals surface area contributed by atoms with Gasteiger partial charge in [-0.05, 0) is 18.3 Å². The molecule has 0 nitrogen and oxygen atoms in total. The second-order valence-corrected chi connectivity index (χ2v) is 8.11. The molecule has 0 saturated heterocycles. The zero-order chi connectivity index (χ0) is 17.2. The van der Waals surface area contributed by atoms with Crippen molar-refractivity contribution < 1.29 is 0 Å². The topological polar surface area (TPSA) is 0 Å². The molecule has 2 unspecified atom stereocenters. The van der Waals surface area contributed by atoms with Crippen LogP contribution in [0.3, 0.4) is 0 Å². The van der Waals surface area contributed by atoms with Crippen LogP contribution in [-0.2, 0) is 0 Å². The van der Waals surface area contributed by atoms with Gasteiger partial charge in [0.25, 0.3) is 0 Å². The van der Waals surface area contributed by atoms with Gasteiger partial charge in [-0.15, -0.1) is 0 Å². The summed E-state index contributed by atoms with van der Waals surface area (Å²) >= 11 is 0. The summed E-state index contributed by atoms with van der Waals surface area (Å²) in [5, 5.41) is 0. The van der Waals surface area contributed by atoms with Gasteiger partial charge < -0.3 is 0 Å². The largest absolute Gasteiger partial charge is 0.0654 e. The van der Waals surface area contributed by atoms with E-state index in [4.69, 9.17) is 0 Å². The van der Waals surface area contributed by atoms with Gasteiger partial charge in [0.15, 0.2) is 0 Å². The highest BCUT2D eigenvalue weighted by molar-refractivity contribution is 4.65. The van der Waals surface area contributed by atoms with Crippen molar-refractivity contribution in [2.45, 2.75) is 137 Å². The van der Waals surface area contributed by atoms with Crippen LogP contribution >= 0.6 is 0 Å². The fourth-order valence-corrected chi connectivity index (χ4v) is 3.87. The molecular weight excluding hydrogens is 276 g/mol. The molecule has 0 aromatic rings.